The molecule has 3 unspecified atom stereocenters. The summed E-state index contributed by atoms with van der Waals surface area (Å²) in [4.78, 5) is 10.8. The molecule has 80 valence electrons. The molecule has 1 saturated heterocycles. The summed E-state index contributed by atoms with van der Waals surface area (Å²) in [6.45, 7) is 3.10. The molecule has 1 heterocycles. The van der Waals surface area contributed by atoms with E-state index in [-0.39, 0.29) is 6.42 Å². The van der Waals surface area contributed by atoms with Gasteiger partial charge in [-0.2, -0.15) is 13.2 Å². The third-order valence-electron chi connectivity index (χ3n) is 2.00. The Morgan fingerprint density at radius 2 is 2.14 bits per heavy atom. The van der Waals surface area contributed by atoms with Gasteiger partial charge in [-0.15, -0.1) is 0 Å². The molecule has 3 nitrogen and oxygen atoms in total. The number of halogens is 3. The molecule has 0 aliphatic carbocycles. The van der Waals surface area contributed by atoms with E-state index in [0.717, 1.165) is 6.08 Å². The van der Waals surface area contributed by atoms with E-state index in [0.29, 0.717) is 0 Å². The van der Waals surface area contributed by atoms with E-state index in [4.69, 9.17) is 5.11 Å². The lowest BCUT2D eigenvalue weighted by Gasteiger charge is -2.38. The zero-order valence-electron chi connectivity index (χ0n) is 7.12. The molecule has 0 aromatic rings. The number of ether oxygens (including phenoxy) is 1. The van der Waals surface area contributed by atoms with Crippen molar-refractivity contribution in [3.05, 3.63) is 12.7 Å². The molecule has 0 saturated carbocycles. The molecule has 0 amide bonds. The Hall–Kier alpha value is -0.880. The van der Waals surface area contributed by atoms with E-state index in [9.17, 15) is 18.0 Å². The number of hydrogen-bond donors (Lipinski definition) is 1. The predicted molar refractivity (Wildman–Crippen MR) is 40.5 cm³/mol. The number of ketones is 1. The molecule has 0 bridgehead atoms. The molecule has 1 aliphatic heterocycles. The van der Waals surface area contributed by atoms with Gasteiger partial charge in [-0.05, 0) is 6.08 Å². The fourth-order valence-corrected chi connectivity index (χ4v) is 1.13. The molecule has 0 aromatic carbocycles. The lowest BCUT2D eigenvalue weighted by Crippen LogP contribution is -2.53. The number of carbonyl (C=O) groups is 1. The molecule has 0 spiro atoms. The highest BCUT2D eigenvalue weighted by molar-refractivity contribution is 5.93. The van der Waals surface area contributed by atoms with Crippen LogP contribution in [0.1, 0.15) is 6.42 Å². The summed E-state index contributed by atoms with van der Waals surface area (Å²) in [5.41, 5.74) is 0. The summed E-state index contributed by atoms with van der Waals surface area (Å²) in [6, 6.07) is 0. The van der Waals surface area contributed by atoms with E-state index in [1.165, 1.54) is 0 Å². The third kappa shape index (κ3) is 2.13. The van der Waals surface area contributed by atoms with Crippen LogP contribution < -0.4 is 0 Å². The van der Waals surface area contributed by atoms with Crippen LogP contribution in [0.4, 0.5) is 13.2 Å². The Labute approximate surface area is 78.2 Å². The first kappa shape index (κ1) is 11.2. The van der Waals surface area contributed by atoms with Crippen LogP contribution in [0, 0.1) is 0 Å². The minimum absolute atomic E-state index is 0.385. The van der Waals surface area contributed by atoms with Crippen molar-refractivity contribution in [2.75, 3.05) is 0 Å². The summed E-state index contributed by atoms with van der Waals surface area (Å²) in [7, 11) is 0. The number of alkyl halides is 3. The lowest BCUT2D eigenvalue weighted by molar-refractivity contribution is -0.296. The standard InChI is InChI=1S/C8H9F3O3/c1-2-4(12)7(13)5-3-6(14-5)8(9,10)11/h2,5-7,13H,1,3H2. The van der Waals surface area contributed by atoms with Gasteiger partial charge in [-0.1, -0.05) is 6.58 Å². The average Bonchev–Trinajstić information content (AvgIpc) is 1.97. The van der Waals surface area contributed by atoms with E-state index in [1.807, 2.05) is 0 Å². The van der Waals surface area contributed by atoms with Gasteiger partial charge in [0.25, 0.3) is 0 Å². The van der Waals surface area contributed by atoms with Crippen LogP contribution in [-0.2, 0) is 9.53 Å². The van der Waals surface area contributed by atoms with E-state index >= 15 is 0 Å². The van der Waals surface area contributed by atoms with Gasteiger partial charge in [0.05, 0.1) is 6.10 Å². The summed E-state index contributed by atoms with van der Waals surface area (Å²) >= 11 is 0. The highest BCUT2D eigenvalue weighted by Gasteiger charge is 2.52. The third-order valence-corrected chi connectivity index (χ3v) is 2.00. The van der Waals surface area contributed by atoms with Crippen molar-refractivity contribution >= 4 is 5.78 Å². The van der Waals surface area contributed by atoms with E-state index in [2.05, 4.69) is 11.3 Å². The van der Waals surface area contributed by atoms with Crippen molar-refractivity contribution in [2.45, 2.75) is 30.9 Å². The van der Waals surface area contributed by atoms with Crippen LogP contribution in [0.5, 0.6) is 0 Å². The Bertz CT molecular complexity index is 243. The largest absolute Gasteiger partial charge is 0.414 e. The molecule has 1 fully saturated rings. The van der Waals surface area contributed by atoms with Crippen molar-refractivity contribution in [2.24, 2.45) is 0 Å². The second kappa shape index (κ2) is 3.70. The Balaban J connectivity index is 2.41. The van der Waals surface area contributed by atoms with Gasteiger partial charge in [0, 0.05) is 6.42 Å². The van der Waals surface area contributed by atoms with Crippen molar-refractivity contribution < 1.29 is 27.8 Å². The molecule has 0 aromatic heterocycles. The second-order valence-electron chi connectivity index (χ2n) is 2.99. The summed E-state index contributed by atoms with van der Waals surface area (Å²) in [5, 5.41) is 9.11. The van der Waals surface area contributed by atoms with E-state index in [1.54, 1.807) is 0 Å². The van der Waals surface area contributed by atoms with Gasteiger partial charge < -0.3 is 9.84 Å². The van der Waals surface area contributed by atoms with Gasteiger partial charge in [0.15, 0.2) is 11.9 Å². The average molecular weight is 210 g/mol. The van der Waals surface area contributed by atoms with Crippen LogP contribution in [0.2, 0.25) is 0 Å². The first-order valence-corrected chi connectivity index (χ1v) is 3.92. The molecule has 6 heteroatoms. The van der Waals surface area contributed by atoms with Crippen molar-refractivity contribution in [3.8, 4) is 0 Å². The number of rotatable bonds is 3. The molecule has 1 rings (SSSR count). The summed E-state index contributed by atoms with van der Waals surface area (Å²) < 4.78 is 40.1. The SMILES string of the molecule is C=CC(=O)C(O)C1CC(C(F)(F)F)O1. The first-order chi connectivity index (χ1) is 6.36. The molecule has 3 atom stereocenters. The van der Waals surface area contributed by atoms with Crippen molar-refractivity contribution in [1.82, 2.24) is 0 Å². The highest BCUT2D eigenvalue weighted by atomic mass is 19.4. The van der Waals surface area contributed by atoms with Crippen LogP contribution >= 0.6 is 0 Å². The van der Waals surface area contributed by atoms with Gasteiger partial charge >= 0.3 is 6.18 Å². The molecule has 1 N–H and O–H groups in total. The van der Waals surface area contributed by atoms with Crippen LogP contribution in [0.25, 0.3) is 0 Å². The zero-order chi connectivity index (χ0) is 10.9. The molecule has 14 heavy (non-hydrogen) atoms. The minimum Gasteiger partial charge on any atom is -0.382 e. The number of aliphatic hydroxyl groups is 1. The van der Waals surface area contributed by atoms with Crippen LogP contribution in [0.3, 0.4) is 0 Å². The maximum absolute atomic E-state index is 11.9. The quantitative estimate of drug-likeness (QED) is 0.701. The maximum Gasteiger partial charge on any atom is 0.414 e. The molecular weight excluding hydrogens is 201 g/mol. The number of hydrogen-bond acceptors (Lipinski definition) is 3. The first-order valence-electron chi connectivity index (χ1n) is 3.92. The Morgan fingerprint density at radius 1 is 1.64 bits per heavy atom. The zero-order valence-corrected chi connectivity index (χ0v) is 7.12. The second-order valence-corrected chi connectivity index (χ2v) is 2.99. The minimum atomic E-state index is -4.42. The van der Waals surface area contributed by atoms with Gasteiger partial charge in [0.2, 0.25) is 0 Å². The number of carbonyl (C=O) groups excluding carboxylic acids is 1. The van der Waals surface area contributed by atoms with Gasteiger partial charge in [-0.25, -0.2) is 0 Å². The Kier molecular flexibility index (Phi) is 2.96. The fourth-order valence-electron chi connectivity index (χ4n) is 1.13. The summed E-state index contributed by atoms with van der Waals surface area (Å²) in [6.07, 6.45) is -8.41. The highest BCUT2D eigenvalue weighted by Crippen LogP contribution is 2.36. The Morgan fingerprint density at radius 3 is 2.50 bits per heavy atom. The molecule has 0 radical (unpaired) electrons. The van der Waals surface area contributed by atoms with Crippen molar-refractivity contribution in [1.29, 1.82) is 0 Å². The van der Waals surface area contributed by atoms with Crippen molar-refractivity contribution in [3.63, 3.8) is 0 Å². The fraction of sp³-hybridized carbons (Fsp3) is 0.625. The van der Waals surface area contributed by atoms with Gasteiger partial charge in [0.1, 0.15) is 6.10 Å². The van der Waals surface area contributed by atoms with Crippen LogP contribution in [-0.4, -0.2) is 35.4 Å². The topological polar surface area (TPSA) is 46.5 Å². The summed E-state index contributed by atoms with van der Waals surface area (Å²) in [5.74, 6) is -0.726. The molecular formula is C8H9F3O3. The number of aliphatic hydroxyl groups excluding tert-OH is 1. The normalized spacial score (nSPS) is 29.1. The van der Waals surface area contributed by atoms with Crippen LogP contribution in [0.15, 0.2) is 12.7 Å². The maximum atomic E-state index is 11.9. The predicted octanol–water partition coefficient (Wildman–Crippen LogP) is 0.822. The lowest BCUT2D eigenvalue weighted by atomic mass is 9.97. The monoisotopic (exact) mass is 210 g/mol. The van der Waals surface area contributed by atoms with Gasteiger partial charge in [-0.3, -0.25) is 4.79 Å². The van der Waals surface area contributed by atoms with E-state index < -0.39 is 30.3 Å². The smallest absolute Gasteiger partial charge is 0.382 e. The molecule has 1 aliphatic rings.